The molecule has 0 radical (unpaired) electrons. The van der Waals surface area contributed by atoms with Crippen molar-refractivity contribution in [3.05, 3.63) is 18.0 Å². The molecule has 3 rings (SSSR count). The van der Waals surface area contributed by atoms with Gasteiger partial charge in [0.25, 0.3) is 0 Å². The number of nitrogens with one attached hydrogen (secondary N) is 3. The standard InChI is InChI=1S/C11H15N5S/c1-12-9-3-2-7-10(15-9)16-11(14-7)8-6-17-5-4-13-8/h2-3,8,13H,4-6H2,1H3,(H2,12,14,15,16). The van der Waals surface area contributed by atoms with Gasteiger partial charge in [0.2, 0.25) is 0 Å². The summed E-state index contributed by atoms with van der Waals surface area (Å²) in [6.07, 6.45) is 0. The third kappa shape index (κ3) is 2.10. The average Bonchev–Trinajstić information content (AvgIpc) is 2.82. The van der Waals surface area contributed by atoms with E-state index in [9.17, 15) is 0 Å². The first-order valence-electron chi connectivity index (χ1n) is 5.72. The van der Waals surface area contributed by atoms with Gasteiger partial charge in [0.05, 0.1) is 11.6 Å². The van der Waals surface area contributed by atoms with Crippen LogP contribution < -0.4 is 10.6 Å². The lowest BCUT2D eigenvalue weighted by atomic mass is 10.3. The molecule has 17 heavy (non-hydrogen) atoms. The molecule has 2 aromatic rings. The van der Waals surface area contributed by atoms with Gasteiger partial charge < -0.3 is 15.6 Å². The number of rotatable bonds is 2. The van der Waals surface area contributed by atoms with Gasteiger partial charge in [-0.05, 0) is 12.1 Å². The molecular formula is C11H15N5S. The Hall–Kier alpha value is -1.27. The van der Waals surface area contributed by atoms with Crippen LogP contribution in [0.5, 0.6) is 0 Å². The molecule has 3 heterocycles. The van der Waals surface area contributed by atoms with E-state index in [0.29, 0.717) is 6.04 Å². The zero-order valence-corrected chi connectivity index (χ0v) is 10.5. The number of pyridine rings is 1. The van der Waals surface area contributed by atoms with E-state index >= 15 is 0 Å². The summed E-state index contributed by atoms with van der Waals surface area (Å²) in [6.45, 7) is 1.04. The van der Waals surface area contributed by atoms with Crippen LogP contribution in [0.3, 0.4) is 0 Å². The molecule has 1 saturated heterocycles. The molecule has 0 aliphatic carbocycles. The summed E-state index contributed by atoms with van der Waals surface area (Å²) in [5.41, 5.74) is 1.78. The second-order valence-electron chi connectivity index (χ2n) is 4.02. The van der Waals surface area contributed by atoms with Crippen LogP contribution in [0.15, 0.2) is 12.1 Å². The van der Waals surface area contributed by atoms with E-state index in [1.807, 2.05) is 30.9 Å². The number of hydrogen-bond donors (Lipinski definition) is 3. The lowest BCUT2D eigenvalue weighted by Crippen LogP contribution is -2.30. The fraction of sp³-hybridized carbons (Fsp3) is 0.455. The second-order valence-corrected chi connectivity index (χ2v) is 5.17. The van der Waals surface area contributed by atoms with Crippen LogP contribution in [0, 0.1) is 0 Å². The van der Waals surface area contributed by atoms with Crippen molar-refractivity contribution >= 4 is 28.7 Å². The molecule has 90 valence electrons. The molecule has 5 nitrogen and oxygen atoms in total. The Morgan fingerprint density at radius 2 is 2.35 bits per heavy atom. The first-order chi connectivity index (χ1) is 8.36. The van der Waals surface area contributed by atoms with Crippen LogP contribution >= 0.6 is 11.8 Å². The molecule has 6 heteroatoms. The third-order valence-electron chi connectivity index (χ3n) is 2.87. The Morgan fingerprint density at radius 3 is 3.12 bits per heavy atom. The van der Waals surface area contributed by atoms with E-state index in [2.05, 4.69) is 25.6 Å². The number of anilines is 1. The topological polar surface area (TPSA) is 65.6 Å². The number of thioether (sulfide) groups is 1. The molecule has 0 saturated carbocycles. The summed E-state index contributed by atoms with van der Waals surface area (Å²) in [4.78, 5) is 12.3. The highest BCUT2D eigenvalue weighted by Gasteiger charge is 2.18. The maximum absolute atomic E-state index is 4.56. The van der Waals surface area contributed by atoms with E-state index in [1.165, 1.54) is 5.75 Å². The number of aromatic nitrogens is 3. The van der Waals surface area contributed by atoms with Gasteiger partial charge in [0.15, 0.2) is 5.65 Å². The molecule has 0 amide bonds. The summed E-state index contributed by atoms with van der Waals surface area (Å²) in [5, 5.41) is 6.49. The summed E-state index contributed by atoms with van der Waals surface area (Å²) in [6, 6.07) is 4.29. The van der Waals surface area contributed by atoms with Crippen LogP contribution in [0.1, 0.15) is 11.9 Å². The number of H-pyrrole nitrogens is 1. The fourth-order valence-electron chi connectivity index (χ4n) is 1.96. The van der Waals surface area contributed by atoms with Crippen molar-refractivity contribution in [3.8, 4) is 0 Å². The fourth-order valence-corrected chi connectivity index (χ4v) is 2.90. The maximum Gasteiger partial charge on any atom is 0.179 e. The Morgan fingerprint density at radius 1 is 1.41 bits per heavy atom. The predicted octanol–water partition coefficient (Wildman–Crippen LogP) is 1.38. The largest absolute Gasteiger partial charge is 0.373 e. The third-order valence-corrected chi connectivity index (χ3v) is 3.93. The van der Waals surface area contributed by atoms with Crippen LogP contribution in [0.25, 0.3) is 11.2 Å². The quantitative estimate of drug-likeness (QED) is 0.750. The lowest BCUT2D eigenvalue weighted by molar-refractivity contribution is 0.570. The summed E-state index contributed by atoms with van der Waals surface area (Å²) in [5.74, 6) is 4.09. The summed E-state index contributed by atoms with van der Waals surface area (Å²) < 4.78 is 0. The highest BCUT2D eigenvalue weighted by atomic mass is 32.2. The Kier molecular flexibility index (Phi) is 2.90. The molecule has 3 N–H and O–H groups in total. The molecule has 1 aliphatic heterocycles. The minimum Gasteiger partial charge on any atom is -0.373 e. The molecular weight excluding hydrogens is 234 g/mol. The van der Waals surface area contributed by atoms with Crippen molar-refractivity contribution in [2.75, 3.05) is 30.4 Å². The highest BCUT2D eigenvalue weighted by Crippen LogP contribution is 2.22. The van der Waals surface area contributed by atoms with Gasteiger partial charge in [-0.2, -0.15) is 11.8 Å². The predicted molar refractivity (Wildman–Crippen MR) is 71.5 cm³/mol. The molecule has 1 atom stereocenters. The number of nitrogens with zero attached hydrogens (tertiary/aromatic N) is 2. The first kappa shape index (κ1) is 10.9. The maximum atomic E-state index is 4.56. The van der Waals surface area contributed by atoms with Gasteiger partial charge in [-0.3, -0.25) is 0 Å². The van der Waals surface area contributed by atoms with E-state index in [4.69, 9.17) is 0 Å². The molecule has 1 fully saturated rings. The number of imidazole rings is 1. The number of fused-ring (bicyclic) bond motifs is 1. The minimum absolute atomic E-state index is 0.320. The van der Waals surface area contributed by atoms with Gasteiger partial charge in [-0.1, -0.05) is 0 Å². The molecule has 0 bridgehead atoms. The molecule has 2 aromatic heterocycles. The average molecular weight is 249 g/mol. The van der Waals surface area contributed by atoms with Gasteiger partial charge >= 0.3 is 0 Å². The number of aromatic amines is 1. The molecule has 1 aliphatic rings. The highest BCUT2D eigenvalue weighted by molar-refractivity contribution is 7.99. The van der Waals surface area contributed by atoms with Crippen molar-refractivity contribution in [2.45, 2.75) is 6.04 Å². The van der Waals surface area contributed by atoms with Gasteiger partial charge in [0.1, 0.15) is 11.6 Å². The van der Waals surface area contributed by atoms with E-state index in [0.717, 1.165) is 35.1 Å². The molecule has 0 aromatic carbocycles. The van der Waals surface area contributed by atoms with Crippen molar-refractivity contribution in [2.24, 2.45) is 0 Å². The van der Waals surface area contributed by atoms with Gasteiger partial charge in [-0.25, -0.2) is 9.97 Å². The SMILES string of the molecule is CNc1ccc2[nH]c(C3CSCCN3)nc2n1. The van der Waals surface area contributed by atoms with Crippen molar-refractivity contribution in [1.82, 2.24) is 20.3 Å². The van der Waals surface area contributed by atoms with Gasteiger partial charge in [-0.15, -0.1) is 0 Å². The monoisotopic (exact) mass is 249 g/mol. The number of hydrogen-bond acceptors (Lipinski definition) is 5. The first-order valence-corrected chi connectivity index (χ1v) is 6.88. The van der Waals surface area contributed by atoms with E-state index in [-0.39, 0.29) is 0 Å². The summed E-state index contributed by atoms with van der Waals surface area (Å²) >= 11 is 1.96. The van der Waals surface area contributed by atoms with Crippen LogP contribution in [0.4, 0.5) is 5.82 Å². The summed E-state index contributed by atoms with van der Waals surface area (Å²) in [7, 11) is 1.86. The smallest absolute Gasteiger partial charge is 0.179 e. The molecule has 1 unspecified atom stereocenters. The van der Waals surface area contributed by atoms with Crippen LogP contribution in [-0.2, 0) is 0 Å². The normalized spacial score (nSPS) is 20.6. The zero-order valence-electron chi connectivity index (χ0n) is 9.66. The lowest BCUT2D eigenvalue weighted by Gasteiger charge is -2.20. The van der Waals surface area contributed by atoms with Crippen LogP contribution in [-0.4, -0.2) is 40.1 Å². The van der Waals surface area contributed by atoms with Crippen LogP contribution in [0.2, 0.25) is 0 Å². The van der Waals surface area contributed by atoms with Gasteiger partial charge in [0, 0.05) is 25.1 Å². The van der Waals surface area contributed by atoms with Crippen molar-refractivity contribution < 1.29 is 0 Å². The van der Waals surface area contributed by atoms with E-state index < -0.39 is 0 Å². The Balaban J connectivity index is 1.95. The molecule has 0 spiro atoms. The minimum atomic E-state index is 0.320. The Labute approximate surface area is 104 Å². The Bertz CT molecular complexity index is 518. The van der Waals surface area contributed by atoms with E-state index in [1.54, 1.807) is 0 Å². The van der Waals surface area contributed by atoms with Crippen molar-refractivity contribution in [1.29, 1.82) is 0 Å². The zero-order chi connectivity index (χ0) is 11.7. The second kappa shape index (κ2) is 4.54. The van der Waals surface area contributed by atoms with Crippen molar-refractivity contribution in [3.63, 3.8) is 0 Å².